The van der Waals surface area contributed by atoms with Crippen molar-refractivity contribution in [3.8, 4) is 0 Å². The number of hydrogen-bond donors (Lipinski definition) is 0. The highest BCUT2D eigenvalue weighted by Crippen LogP contribution is 2.43. The lowest BCUT2D eigenvalue weighted by molar-refractivity contribution is 0.625. The van der Waals surface area contributed by atoms with E-state index in [-0.39, 0.29) is 10.6 Å². The van der Waals surface area contributed by atoms with Gasteiger partial charge in [-0.15, -0.1) is 11.3 Å². The van der Waals surface area contributed by atoms with Crippen LogP contribution in [0, 0.1) is 5.82 Å². The third-order valence-electron chi connectivity index (χ3n) is 2.15. The van der Waals surface area contributed by atoms with Crippen molar-refractivity contribution in [2.24, 2.45) is 0 Å². The predicted molar refractivity (Wildman–Crippen MR) is 81.9 cm³/mol. The molecule has 0 fully saturated rings. The van der Waals surface area contributed by atoms with Gasteiger partial charge in [0.2, 0.25) is 0 Å². The van der Waals surface area contributed by atoms with Crippen LogP contribution < -0.4 is 0 Å². The molecule has 2 rings (SSSR count). The minimum absolute atomic E-state index is 0.0821. The molecule has 0 aliphatic rings. The molecule has 0 N–H and O–H groups in total. The Hall–Kier alpha value is 0.580. The molecule has 0 saturated heterocycles. The SMILES string of the molecule is Fc1ccc(Br)c(C(Br)c2cc(Cl)c(Br)s2)c1. The van der Waals surface area contributed by atoms with E-state index in [9.17, 15) is 4.39 Å². The maximum atomic E-state index is 13.2. The predicted octanol–water partition coefficient (Wildman–Crippen LogP) is 6.55. The molecule has 0 saturated carbocycles. The van der Waals surface area contributed by atoms with Crippen molar-refractivity contribution in [1.82, 2.24) is 0 Å². The third-order valence-corrected chi connectivity index (χ3v) is 6.70. The van der Waals surface area contributed by atoms with Crippen molar-refractivity contribution in [2.75, 3.05) is 0 Å². The van der Waals surface area contributed by atoms with Gasteiger partial charge in [-0.05, 0) is 45.8 Å². The quantitative estimate of drug-likeness (QED) is 0.443. The average molecular weight is 463 g/mol. The number of benzene rings is 1. The summed E-state index contributed by atoms with van der Waals surface area (Å²) in [6.07, 6.45) is 0. The maximum absolute atomic E-state index is 13.2. The van der Waals surface area contributed by atoms with Gasteiger partial charge in [-0.3, -0.25) is 0 Å². The zero-order chi connectivity index (χ0) is 12.6. The second-order valence-electron chi connectivity index (χ2n) is 3.30. The van der Waals surface area contributed by atoms with Crippen molar-refractivity contribution >= 4 is 70.7 Å². The van der Waals surface area contributed by atoms with Crippen LogP contribution in [0.4, 0.5) is 4.39 Å². The van der Waals surface area contributed by atoms with E-state index in [1.165, 1.54) is 23.5 Å². The smallest absolute Gasteiger partial charge is 0.123 e. The molecule has 0 nitrogen and oxygen atoms in total. The molecular formula is C11H5Br3ClFS. The van der Waals surface area contributed by atoms with Crippen molar-refractivity contribution in [3.05, 3.63) is 53.8 Å². The van der Waals surface area contributed by atoms with E-state index < -0.39 is 0 Å². The molecule has 1 aromatic carbocycles. The van der Waals surface area contributed by atoms with Gasteiger partial charge in [-0.25, -0.2) is 4.39 Å². The molecule has 1 unspecified atom stereocenters. The molecule has 0 amide bonds. The van der Waals surface area contributed by atoms with E-state index >= 15 is 0 Å². The van der Waals surface area contributed by atoms with Gasteiger partial charge in [-0.1, -0.05) is 43.5 Å². The summed E-state index contributed by atoms with van der Waals surface area (Å²) in [6.45, 7) is 0. The fourth-order valence-corrected chi connectivity index (χ4v) is 4.67. The lowest BCUT2D eigenvalue weighted by atomic mass is 10.1. The van der Waals surface area contributed by atoms with Crippen LogP contribution in [0.1, 0.15) is 15.3 Å². The number of hydrogen-bond acceptors (Lipinski definition) is 1. The Morgan fingerprint density at radius 2 is 1.94 bits per heavy atom. The highest BCUT2D eigenvalue weighted by atomic mass is 79.9. The summed E-state index contributed by atoms with van der Waals surface area (Å²) in [5, 5.41) is 0.668. The monoisotopic (exact) mass is 460 g/mol. The molecule has 0 aliphatic heterocycles. The van der Waals surface area contributed by atoms with Crippen molar-refractivity contribution in [3.63, 3.8) is 0 Å². The molecular weight excluding hydrogens is 458 g/mol. The normalized spacial score (nSPS) is 12.8. The summed E-state index contributed by atoms with van der Waals surface area (Å²) in [5.74, 6) is -0.255. The van der Waals surface area contributed by atoms with Crippen LogP contribution >= 0.6 is 70.7 Å². The third kappa shape index (κ3) is 3.13. The molecule has 0 spiro atoms. The van der Waals surface area contributed by atoms with Crippen molar-refractivity contribution in [2.45, 2.75) is 4.83 Å². The fourth-order valence-electron chi connectivity index (χ4n) is 1.35. The van der Waals surface area contributed by atoms with Gasteiger partial charge in [0.15, 0.2) is 0 Å². The summed E-state index contributed by atoms with van der Waals surface area (Å²) in [4.78, 5) is 0.939. The highest BCUT2D eigenvalue weighted by molar-refractivity contribution is 9.11. The Labute approximate surface area is 133 Å². The Kier molecular flexibility index (Phi) is 4.69. The standard InChI is InChI=1S/C11H5Br3ClFS/c12-7-2-1-5(16)3-6(7)10(13)9-4-8(15)11(14)17-9/h1-4,10H. The molecule has 1 aromatic heterocycles. The van der Waals surface area contributed by atoms with Gasteiger partial charge >= 0.3 is 0 Å². The van der Waals surface area contributed by atoms with Gasteiger partial charge in [0.1, 0.15) is 5.82 Å². The fraction of sp³-hybridized carbons (Fsp3) is 0.0909. The average Bonchev–Trinajstić information content (AvgIpc) is 2.62. The van der Waals surface area contributed by atoms with Crippen molar-refractivity contribution < 1.29 is 4.39 Å². The lowest BCUT2D eigenvalue weighted by Crippen LogP contribution is -1.92. The van der Waals surface area contributed by atoms with Crippen LogP contribution in [0.3, 0.4) is 0 Å². The molecule has 1 atom stereocenters. The first kappa shape index (κ1) is 14.0. The van der Waals surface area contributed by atoms with E-state index in [1.54, 1.807) is 6.07 Å². The molecule has 0 bridgehead atoms. The van der Waals surface area contributed by atoms with Crippen LogP contribution in [-0.2, 0) is 0 Å². The Balaban J connectivity index is 2.42. The van der Waals surface area contributed by atoms with Gasteiger partial charge < -0.3 is 0 Å². The van der Waals surface area contributed by atoms with Gasteiger partial charge in [-0.2, -0.15) is 0 Å². The summed E-state index contributed by atoms with van der Waals surface area (Å²) >= 11 is 17.9. The van der Waals surface area contributed by atoms with Crippen LogP contribution in [0.15, 0.2) is 32.5 Å². The Bertz CT molecular complexity index is 536. The van der Waals surface area contributed by atoms with Crippen LogP contribution in [-0.4, -0.2) is 0 Å². The topological polar surface area (TPSA) is 0 Å². The number of alkyl halides is 1. The summed E-state index contributed by atoms with van der Waals surface area (Å²) in [7, 11) is 0. The molecule has 2 aromatic rings. The summed E-state index contributed by atoms with van der Waals surface area (Å²) in [5.41, 5.74) is 0.843. The highest BCUT2D eigenvalue weighted by Gasteiger charge is 2.18. The molecule has 0 aliphatic carbocycles. The second-order valence-corrected chi connectivity index (χ2v) is 7.88. The van der Waals surface area contributed by atoms with Gasteiger partial charge in [0.25, 0.3) is 0 Å². The van der Waals surface area contributed by atoms with Gasteiger partial charge in [0, 0.05) is 9.35 Å². The van der Waals surface area contributed by atoms with E-state index in [1.807, 2.05) is 6.07 Å². The largest absolute Gasteiger partial charge is 0.207 e. The summed E-state index contributed by atoms with van der Waals surface area (Å²) < 4.78 is 15.0. The molecule has 1 heterocycles. The second kappa shape index (κ2) is 5.70. The van der Waals surface area contributed by atoms with Crippen LogP contribution in [0.2, 0.25) is 5.02 Å². The number of halogens is 5. The van der Waals surface area contributed by atoms with Gasteiger partial charge in [0.05, 0.1) is 13.6 Å². The minimum atomic E-state index is -0.255. The minimum Gasteiger partial charge on any atom is -0.207 e. The van der Waals surface area contributed by atoms with E-state index in [2.05, 4.69) is 47.8 Å². The Morgan fingerprint density at radius 1 is 1.24 bits per heavy atom. The number of thiophene rings is 1. The first-order valence-electron chi connectivity index (χ1n) is 4.53. The van der Waals surface area contributed by atoms with Crippen molar-refractivity contribution in [1.29, 1.82) is 0 Å². The van der Waals surface area contributed by atoms with E-state index in [0.717, 1.165) is 18.7 Å². The zero-order valence-corrected chi connectivity index (χ0v) is 14.5. The maximum Gasteiger partial charge on any atom is 0.123 e. The molecule has 0 radical (unpaired) electrons. The lowest BCUT2D eigenvalue weighted by Gasteiger charge is -2.10. The van der Waals surface area contributed by atoms with E-state index in [4.69, 9.17) is 11.6 Å². The Morgan fingerprint density at radius 3 is 2.53 bits per heavy atom. The van der Waals surface area contributed by atoms with Crippen LogP contribution in [0.25, 0.3) is 0 Å². The first-order chi connectivity index (χ1) is 7.99. The molecule has 90 valence electrons. The van der Waals surface area contributed by atoms with Crippen LogP contribution in [0.5, 0.6) is 0 Å². The summed E-state index contributed by atoms with van der Waals surface area (Å²) in [6, 6.07) is 6.49. The zero-order valence-electron chi connectivity index (χ0n) is 8.18. The molecule has 6 heteroatoms. The first-order valence-corrected chi connectivity index (χ1v) is 8.22. The van der Waals surface area contributed by atoms with E-state index in [0.29, 0.717) is 5.02 Å². The molecule has 17 heavy (non-hydrogen) atoms. The number of rotatable bonds is 2.